The third-order valence-corrected chi connectivity index (χ3v) is 5.02. The van der Waals surface area contributed by atoms with Crippen molar-refractivity contribution < 1.29 is 9.90 Å². The highest BCUT2D eigenvalue weighted by Gasteiger charge is 2.41. The normalized spacial score (nSPS) is 20.7. The zero-order valence-electron chi connectivity index (χ0n) is 12.0. The summed E-state index contributed by atoms with van der Waals surface area (Å²) in [4.78, 5) is 14.4. The zero-order valence-corrected chi connectivity index (χ0v) is 12.0. The van der Waals surface area contributed by atoms with Gasteiger partial charge >= 0.3 is 0 Å². The molecular weight excluding hydrogens is 250 g/mol. The molecule has 20 heavy (non-hydrogen) atoms. The Morgan fingerprint density at radius 1 is 1.15 bits per heavy atom. The molecule has 1 amide bonds. The van der Waals surface area contributed by atoms with Crippen LogP contribution in [-0.2, 0) is 11.2 Å². The van der Waals surface area contributed by atoms with E-state index in [1.165, 1.54) is 32.1 Å². The van der Waals surface area contributed by atoms with Gasteiger partial charge in [-0.25, -0.2) is 0 Å². The standard InChI is InChI=1S/C17H23NO2/c19-15-6-3-14(4-7-15)5-8-16(20)18-12-11-17(13-18)9-1-2-10-17/h3-4,6-7,19H,1-2,5,8-13H2. The molecule has 3 heteroatoms. The molecule has 1 saturated heterocycles. The van der Waals surface area contributed by atoms with E-state index in [1.807, 2.05) is 12.1 Å². The van der Waals surface area contributed by atoms with Gasteiger partial charge in [0.1, 0.15) is 5.75 Å². The van der Waals surface area contributed by atoms with Crippen molar-refractivity contribution in [3.63, 3.8) is 0 Å². The summed E-state index contributed by atoms with van der Waals surface area (Å²) < 4.78 is 0. The molecular formula is C17H23NO2. The highest BCUT2D eigenvalue weighted by Crippen LogP contribution is 2.45. The Bertz CT molecular complexity index is 474. The molecule has 1 spiro atoms. The minimum absolute atomic E-state index is 0.280. The largest absolute Gasteiger partial charge is 0.508 e. The van der Waals surface area contributed by atoms with Crippen LogP contribution in [-0.4, -0.2) is 29.0 Å². The molecule has 1 N–H and O–H groups in total. The first-order valence-corrected chi connectivity index (χ1v) is 7.73. The molecule has 108 valence electrons. The molecule has 1 aliphatic carbocycles. The summed E-state index contributed by atoms with van der Waals surface area (Å²) >= 11 is 0. The smallest absolute Gasteiger partial charge is 0.222 e. The van der Waals surface area contributed by atoms with Crippen LogP contribution in [0.5, 0.6) is 5.75 Å². The van der Waals surface area contributed by atoms with Crippen molar-refractivity contribution in [3.05, 3.63) is 29.8 Å². The molecule has 2 aliphatic rings. The van der Waals surface area contributed by atoms with Crippen LogP contribution in [0.25, 0.3) is 0 Å². The lowest BCUT2D eigenvalue weighted by Crippen LogP contribution is -2.31. The van der Waals surface area contributed by atoms with Gasteiger partial charge in [-0.05, 0) is 48.8 Å². The Morgan fingerprint density at radius 3 is 2.55 bits per heavy atom. The summed E-state index contributed by atoms with van der Waals surface area (Å²) in [6.45, 7) is 1.94. The van der Waals surface area contributed by atoms with E-state index < -0.39 is 0 Å². The lowest BCUT2D eigenvalue weighted by atomic mass is 9.86. The van der Waals surface area contributed by atoms with Gasteiger partial charge < -0.3 is 10.0 Å². The van der Waals surface area contributed by atoms with E-state index in [2.05, 4.69) is 4.90 Å². The number of hydrogen-bond donors (Lipinski definition) is 1. The number of carbonyl (C=O) groups excluding carboxylic acids is 1. The summed E-state index contributed by atoms with van der Waals surface area (Å²) in [5, 5.41) is 9.25. The zero-order chi connectivity index (χ0) is 14.0. The molecule has 2 fully saturated rings. The quantitative estimate of drug-likeness (QED) is 0.919. The Labute approximate surface area is 120 Å². The number of amides is 1. The number of likely N-dealkylation sites (tertiary alicyclic amines) is 1. The van der Waals surface area contributed by atoms with Crippen molar-refractivity contribution in [2.45, 2.75) is 44.9 Å². The molecule has 1 aliphatic heterocycles. The molecule has 0 bridgehead atoms. The van der Waals surface area contributed by atoms with Gasteiger partial charge in [-0.1, -0.05) is 25.0 Å². The predicted octanol–water partition coefficient (Wildman–Crippen LogP) is 3.12. The number of nitrogens with zero attached hydrogens (tertiary/aromatic N) is 1. The molecule has 1 aromatic carbocycles. The lowest BCUT2D eigenvalue weighted by molar-refractivity contribution is -0.130. The topological polar surface area (TPSA) is 40.5 Å². The number of rotatable bonds is 3. The highest BCUT2D eigenvalue weighted by atomic mass is 16.3. The molecule has 1 heterocycles. The average Bonchev–Trinajstić information content (AvgIpc) is 3.09. The first-order valence-electron chi connectivity index (χ1n) is 7.73. The van der Waals surface area contributed by atoms with Crippen molar-refractivity contribution in [1.29, 1.82) is 0 Å². The van der Waals surface area contributed by atoms with Gasteiger partial charge in [0, 0.05) is 19.5 Å². The highest BCUT2D eigenvalue weighted by molar-refractivity contribution is 5.76. The van der Waals surface area contributed by atoms with Crippen LogP contribution in [0, 0.1) is 5.41 Å². The predicted molar refractivity (Wildman–Crippen MR) is 78.5 cm³/mol. The first-order chi connectivity index (χ1) is 9.67. The van der Waals surface area contributed by atoms with E-state index >= 15 is 0 Å². The van der Waals surface area contributed by atoms with Crippen LogP contribution in [0.3, 0.4) is 0 Å². The van der Waals surface area contributed by atoms with Crippen LogP contribution >= 0.6 is 0 Å². The molecule has 1 saturated carbocycles. The summed E-state index contributed by atoms with van der Waals surface area (Å²) in [5.74, 6) is 0.574. The van der Waals surface area contributed by atoms with Crippen LogP contribution in [0.1, 0.15) is 44.1 Å². The van der Waals surface area contributed by atoms with Crippen molar-refractivity contribution in [3.8, 4) is 5.75 Å². The van der Waals surface area contributed by atoms with Gasteiger partial charge in [-0.3, -0.25) is 4.79 Å². The Kier molecular flexibility index (Phi) is 3.68. The van der Waals surface area contributed by atoms with E-state index in [4.69, 9.17) is 0 Å². The molecule has 0 radical (unpaired) electrons. The molecule has 0 atom stereocenters. The van der Waals surface area contributed by atoms with Gasteiger partial charge in [0.25, 0.3) is 0 Å². The van der Waals surface area contributed by atoms with Gasteiger partial charge in [-0.15, -0.1) is 0 Å². The second kappa shape index (κ2) is 5.47. The summed E-state index contributed by atoms with van der Waals surface area (Å²) in [5.41, 5.74) is 1.58. The number of phenolic OH excluding ortho intramolecular Hbond substituents is 1. The molecule has 0 aromatic heterocycles. The van der Waals surface area contributed by atoms with Crippen molar-refractivity contribution in [1.82, 2.24) is 4.90 Å². The molecule has 3 nitrogen and oxygen atoms in total. The van der Waals surface area contributed by atoms with Crippen molar-refractivity contribution in [2.24, 2.45) is 5.41 Å². The van der Waals surface area contributed by atoms with Crippen LogP contribution in [0.4, 0.5) is 0 Å². The van der Waals surface area contributed by atoms with E-state index in [1.54, 1.807) is 12.1 Å². The Morgan fingerprint density at radius 2 is 1.85 bits per heavy atom. The van der Waals surface area contributed by atoms with Crippen molar-refractivity contribution in [2.75, 3.05) is 13.1 Å². The lowest BCUT2D eigenvalue weighted by Gasteiger charge is -2.23. The Balaban J connectivity index is 1.51. The number of aromatic hydroxyl groups is 1. The second-order valence-electron chi connectivity index (χ2n) is 6.44. The van der Waals surface area contributed by atoms with E-state index in [0.717, 1.165) is 25.1 Å². The fraction of sp³-hybridized carbons (Fsp3) is 0.588. The van der Waals surface area contributed by atoms with Gasteiger partial charge in [0.15, 0.2) is 0 Å². The van der Waals surface area contributed by atoms with Crippen molar-refractivity contribution >= 4 is 5.91 Å². The first kappa shape index (κ1) is 13.5. The number of carbonyl (C=O) groups is 1. The fourth-order valence-corrected chi connectivity index (χ4v) is 3.75. The minimum Gasteiger partial charge on any atom is -0.508 e. The minimum atomic E-state index is 0.280. The fourth-order valence-electron chi connectivity index (χ4n) is 3.75. The number of aryl methyl sites for hydroxylation is 1. The molecule has 0 unspecified atom stereocenters. The Hall–Kier alpha value is -1.51. The van der Waals surface area contributed by atoms with Gasteiger partial charge in [0.05, 0.1) is 0 Å². The SMILES string of the molecule is O=C(CCc1ccc(O)cc1)N1CCC2(CCCC2)C1. The summed E-state index contributed by atoms with van der Waals surface area (Å²) in [6, 6.07) is 7.16. The average molecular weight is 273 g/mol. The summed E-state index contributed by atoms with van der Waals surface area (Å²) in [6.07, 6.45) is 7.87. The van der Waals surface area contributed by atoms with E-state index in [-0.39, 0.29) is 5.75 Å². The maximum Gasteiger partial charge on any atom is 0.222 e. The monoisotopic (exact) mass is 273 g/mol. The number of phenols is 1. The number of hydrogen-bond acceptors (Lipinski definition) is 2. The number of benzene rings is 1. The van der Waals surface area contributed by atoms with Gasteiger partial charge in [0.2, 0.25) is 5.91 Å². The third-order valence-electron chi connectivity index (χ3n) is 5.02. The van der Waals surface area contributed by atoms with E-state index in [0.29, 0.717) is 17.7 Å². The molecule has 3 rings (SSSR count). The van der Waals surface area contributed by atoms with E-state index in [9.17, 15) is 9.90 Å². The third kappa shape index (κ3) is 2.82. The summed E-state index contributed by atoms with van der Waals surface area (Å²) in [7, 11) is 0. The van der Waals surface area contributed by atoms with Crippen LogP contribution < -0.4 is 0 Å². The second-order valence-corrected chi connectivity index (χ2v) is 6.44. The molecule has 1 aromatic rings. The van der Waals surface area contributed by atoms with Crippen LogP contribution in [0.2, 0.25) is 0 Å². The van der Waals surface area contributed by atoms with Crippen LogP contribution in [0.15, 0.2) is 24.3 Å². The maximum atomic E-state index is 12.3. The van der Waals surface area contributed by atoms with Gasteiger partial charge in [-0.2, -0.15) is 0 Å². The maximum absolute atomic E-state index is 12.3.